The van der Waals surface area contributed by atoms with E-state index in [1.807, 2.05) is 0 Å². The van der Waals surface area contributed by atoms with Gasteiger partial charge in [0.05, 0.1) is 3.79 Å². The molecular weight excluding hydrogens is 366 g/mol. The van der Waals surface area contributed by atoms with Crippen molar-refractivity contribution in [2.45, 2.75) is 31.6 Å². The summed E-state index contributed by atoms with van der Waals surface area (Å²) in [5.41, 5.74) is 0.0607. The van der Waals surface area contributed by atoms with Gasteiger partial charge in [-0.25, -0.2) is 17.9 Å². The summed E-state index contributed by atoms with van der Waals surface area (Å²) >= 11 is 4.02. The van der Waals surface area contributed by atoms with Crippen LogP contribution in [-0.2, 0) is 10.0 Å². The standard InChI is InChI=1S/C12H16BrNO4S2/c1-7(2)12(3-4-12)6-14-20(17,18)9-5-8(11(15)16)19-10(9)13/h5,7,14H,3-4,6H2,1-2H3,(H,15,16). The molecule has 0 bridgehead atoms. The molecule has 1 saturated carbocycles. The molecule has 1 aromatic rings. The summed E-state index contributed by atoms with van der Waals surface area (Å²) in [7, 11) is -3.68. The molecular formula is C12H16BrNO4S2. The summed E-state index contributed by atoms with van der Waals surface area (Å²) < 4.78 is 27.4. The Bertz CT molecular complexity index is 632. The summed E-state index contributed by atoms with van der Waals surface area (Å²) in [6, 6.07) is 1.19. The predicted molar refractivity (Wildman–Crippen MR) is 80.7 cm³/mol. The summed E-state index contributed by atoms with van der Waals surface area (Å²) in [6.07, 6.45) is 2.05. The molecule has 20 heavy (non-hydrogen) atoms. The van der Waals surface area contributed by atoms with Gasteiger partial charge in [-0.2, -0.15) is 0 Å². The Morgan fingerprint density at radius 3 is 2.55 bits per heavy atom. The van der Waals surface area contributed by atoms with Gasteiger partial charge in [0.15, 0.2) is 0 Å². The van der Waals surface area contributed by atoms with E-state index in [-0.39, 0.29) is 15.2 Å². The maximum atomic E-state index is 12.3. The maximum absolute atomic E-state index is 12.3. The van der Waals surface area contributed by atoms with Crippen molar-refractivity contribution in [3.8, 4) is 0 Å². The van der Waals surface area contributed by atoms with Gasteiger partial charge in [0.2, 0.25) is 10.0 Å². The number of carbonyl (C=O) groups is 1. The number of hydrogen-bond donors (Lipinski definition) is 2. The van der Waals surface area contributed by atoms with Gasteiger partial charge in [0.1, 0.15) is 9.77 Å². The van der Waals surface area contributed by atoms with Crippen molar-refractivity contribution in [2.24, 2.45) is 11.3 Å². The van der Waals surface area contributed by atoms with Crippen LogP contribution in [0.15, 0.2) is 14.7 Å². The highest BCUT2D eigenvalue weighted by Crippen LogP contribution is 2.51. The third-order valence-corrected chi connectivity index (χ3v) is 7.53. The first-order valence-electron chi connectivity index (χ1n) is 6.20. The van der Waals surface area contributed by atoms with Gasteiger partial charge < -0.3 is 5.11 Å². The first-order chi connectivity index (χ1) is 9.18. The van der Waals surface area contributed by atoms with E-state index in [9.17, 15) is 13.2 Å². The molecule has 0 amide bonds. The number of sulfonamides is 1. The largest absolute Gasteiger partial charge is 0.477 e. The highest BCUT2D eigenvalue weighted by Gasteiger charge is 2.45. The number of carboxylic acids is 1. The van der Waals surface area contributed by atoms with Crippen LogP contribution in [-0.4, -0.2) is 26.0 Å². The highest BCUT2D eigenvalue weighted by molar-refractivity contribution is 9.11. The van der Waals surface area contributed by atoms with E-state index in [1.165, 1.54) is 6.07 Å². The summed E-state index contributed by atoms with van der Waals surface area (Å²) in [6.45, 7) is 4.58. The fourth-order valence-electron chi connectivity index (χ4n) is 2.08. The molecule has 0 aliphatic heterocycles. The average molecular weight is 382 g/mol. The van der Waals surface area contributed by atoms with Gasteiger partial charge in [0.25, 0.3) is 0 Å². The van der Waals surface area contributed by atoms with E-state index in [1.54, 1.807) is 0 Å². The molecule has 0 unspecified atom stereocenters. The van der Waals surface area contributed by atoms with Gasteiger partial charge in [0, 0.05) is 6.54 Å². The second-order valence-corrected chi connectivity index (χ2v) is 9.50. The van der Waals surface area contributed by atoms with E-state index in [0.29, 0.717) is 16.2 Å². The zero-order valence-electron chi connectivity index (χ0n) is 11.1. The number of nitrogens with one attached hydrogen (secondary N) is 1. The quantitative estimate of drug-likeness (QED) is 0.793. The van der Waals surface area contributed by atoms with Crippen LogP contribution in [0.3, 0.4) is 0 Å². The van der Waals surface area contributed by atoms with Crippen LogP contribution < -0.4 is 4.72 Å². The molecule has 2 rings (SSSR count). The van der Waals surface area contributed by atoms with Gasteiger partial charge in [-0.15, -0.1) is 11.3 Å². The number of carboxylic acid groups (broad SMARTS) is 1. The van der Waals surface area contributed by atoms with E-state index < -0.39 is 16.0 Å². The number of thiophene rings is 1. The number of halogens is 1. The molecule has 2 N–H and O–H groups in total. The molecule has 0 spiro atoms. The Hall–Kier alpha value is -0.440. The fourth-order valence-corrected chi connectivity index (χ4v) is 5.62. The van der Waals surface area contributed by atoms with E-state index >= 15 is 0 Å². The molecule has 1 fully saturated rings. The molecule has 1 aliphatic rings. The molecule has 1 aliphatic carbocycles. The molecule has 1 aromatic heterocycles. The molecule has 0 radical (unpaired) electrons. The zero-order chi connectivity index (χ0) is 15.1. The van der Waals surface area contributed by atoms with Crippen molar-refractivity contribution in [1.29, 1.82) is 0 Å². The Morgan fingerprint density at radius 2 is 2.15 bits per heavy atom. The topological polar surface area (TPSA) is 83.5 Å². The maximum Gasteiger partial charge on any atom is 0.345 e. The number of aromatic carboxylic acids is 1. The van der Waals surface area contributed by atoms with Crippen LogP contribution in [0.5, 0.6) is 0 Å². The van der Waals surface area contributed by atoms with Gasteiger partial charge in [-0.3, -0.25) is 0 Å². The zero-order valence-corrected chi connectivity index (χ0v) is 14.4. The van der Waals surface area contributed by atoms with Crippen molar-refractivity contribution >= 4 is 43.3 Å². The van der Waals surface area contributed by atoms with E-state index in [4.69, 9.17) is 5.11 Å². The Kier molecular flexibility index (Phi) is 4.30. The monoisotopic (exact) mass is 381 g/mol. The molecule has 0 aromatic carbocycles. The summed E-state index contributed by atoms with van der Waals surface area (Å²) in [4.78, 5) is 10.9. The van der Waals surface area contributed by atoms with Gasteiger partial charge in [-0.1, -0.05) is 13.8 Å². The van der Waals surface area contributed by atoms with Crippen molar-refractivity contribution in [1.82, 2.24) is 4.72 Å². The minimum Gasteiger partial charge on any atom is -0.477 e. The smallest absolute Gasteiger partial charge is 0.345 e. The van der Waals surface area contributed by atoms with Crippen molar-refractivity contribution in [3.63, 3.8) is 0 Å². The Balaban J connectivity index is 2.17. The van der Waals surface area contributed by atoms with Crippen molar-refractivity contribution in [2.75, 3.05) is 6.54 Å². The first-order valence-corrected chi connectivity index (χ1v) is 9.29. The molecule has 112 valence electrons. The second kappa shape index (κ2) is 5.40. The average Bonchev–Trinajstić information content (AvgIpc) is 3.03. The van der Waals surface area contributed by atoms with Crippen molar-refractivity contribution in [3.05, 3.63) is 14.7 Å². The molecule has 8 heteroatoms. The van der Waals surface area contributed by atoms with Crippen LogP contribution in [0.1, 0.15) is 36.4 Å². The van der Waals surface area contributed by atoms with Crippen LogP contribution in [0.4, 0.5) is 0 Å². The van der Waals surface area contributed by atoms with Crippen LogP contribution in [0, 0.1) is 11.3 Å². The van der Waals surface area contributed by atoms with E-state index in [0.717, 1.165) is 24.2 Å². The van der Waals surface area contributed by atoms with Crippen molar-refractivity contribution < 1.29 is 18.3 Å². The third-order valence-electron chi connectivity index (χ3n) is 3.89. The second-order valence-electron chi connectivity index (χ2n) is 5.40. The third kappa shape index (κ3) is 3.08. The predicted octanol–water partition coefficient (Wildman–Crippen LogP) is 2.92. The lowest BCUT2D eigenvalue weighted by molar-refractivity contribution is 0.0702. The summed E-state index contributed by atoms with van der Waals surface area (Å²) in [5.74, 6) is -0.705. The lowest BCUT2D eigenvalue weighted by atomic mass is 9.93. The normalized spacial score (nSPS) is 17.4. The number of rotatable bonds is 6. The molecule has 1 heterocycles. The summed E-state index contributed by atoms with van der Waals surface area (Å²) in [5, 5.41) is 8.90. The number of hydrogen-bond acceptors (Lipinski definition) is 4. The molecule has 0 saturated heterocycles. The SMILES string of the molecule is CC(C)C1(CNS(=O)(=O)c2cc(C(=O)O)sc2Br)CC1. The van der Waals surface area contributed by atoms with Crippen LogP contribution >= 0.6 is 27.3 Å². The Morgan fingerprint density at radius 1 is 1.55 bits per heavy atom. The van der Waals surface area contributed by atoms with Gasteiger partial charge >= 0.3 is 5.97 Å². The Labute approximate surface area is 130 Å². The fraction of sp³-hybridized carbons (Fsp3) is 0.583. The van der Waals surface area contributed by atoms with E-state index in [2.05, 4.69) is 34.5 Å². The minimum absolute atomic E-state index is 0.000504. The van der Waals surface area contributed by atoms with Gasteiger partial charge in [-0.05, 0) is 46.2 Å². The highest BCUT2D eigenvalue weighted by atomic mass is 79.9. The molecule has 5 nitrogen and oxygen atoms in total. The van der Waals surface area contributed by atoms with Crippen LogP contribution in [0.25, 0.3) is 0 Å². The van der Waals surface area contributed by atoms with Crippen LogP contribution in [0.2, 0.25) is 0 Å². The lowest BCUT2D eigenvalue weighted by Crippen LogP contribution is -2.32. The molecule has 0 atom stereocenters. The first kappa shape index (κ1) is 15.9. The lowest BCUT2D eigenvalue weighted by Gasteiger charge is -2.19. The minimum atomic E-state index is -3.68.